The molecule has 0 aromatic carbocycles. The van der Waals surface area contributed by atoms with Crippen LogP contribution in [0.1, 0.15) is 59.3 Å². The van der Waals surface area contributed by atoms with Crippen LogP contribution >= 0.6 is 0 Å². The van der Waals surface area contributed by atoms with Crippen molar-refractivity contribution in [2.24, 2.45) is 5.92 Å². The zero-order valence-corrected chi connectivity index (χ0v) is 12.9. The quantitative estimate of drug-likeness (QED) is 0.813. The molecular formula is C15H27NO4. The SMILES string of the molecule is CCCCC(C)(C)OC(=O)N1CCC(CC(=O)O)CC1. The van der Waals surface area contributed by atoms with E-state index in [1.54, 1.807) is 4.90 Å². The topological polar surface area (TPSA) is 66.8 Å². The van der Waals surface area contributed by atoms with Crippen molar-refractivity contribution in [3.63, 3.8) is 0 Å². The summed E-state index contributed by atoms with van der Waals surface area (Å²) in [4.78, 5) is 24.5. The summed E-state index contributed by atoms with van der Waals surface area (Å²) in [5.74, 6) is -0.573. The van der Waals surface area contributed by atoms with Crippen molar-refractivity contribution in [3.8, 4) is 0 Å². The molecule has 20 heavy (non-hydrogen) atoms. The Morgan fingerprint density at radius 2 is 1.90 bits per heavy atom. The average Bonchev–Trinajstić information content (AvgIpc) is 2.36. The molecule has 1 N–H and O–H groups in total. The summed E-state index contributed by atoms with van der Waals surface area (Å²) in [5, 5.41) is 8.77. The van der Waals surface area contributed by atoms with Gasteiger partial charge in [0.15, 0.2) is 0 Å². The molecule has 0 saturated carbocycles. The Morgan fingerprint density at radius 1 is 1.30 bits per heavy atom. The van der Waals surface area contributed by atoms with Gasteiger partial charge in [-0.3, -0.25) is 4.79 Å². The van der Waals surface area contributed by atoms with Gasteiger partial charge in [-0.15, -0.1) is 0 Å². The number of nitrogens with zero attached hydrogens (tertiary/aromatic N) is 1. The molecule has 1 aliphatic rings. The van der Waals surface area contributed by atoms with Gasteiger partial charge in [0.1, 0.15) is 5.60 Å². The molecule has 0 aromatic rings. The Kier molecular flexibility index (Phi) is 6.30. The molecule has 5 heteroatoms. The number of carboxylic acid groups (broad SMARTS) is 1. The fourth-order valence-corrected chi connectivity index (χ4v) is 2.52. The first-order chi connectivity index (χ1) is 9.34. The third-order valence-electron chi connectivity index (χ3n) is 3.83. The molecule has 0 radical (unpaired) electrons. The maximum absolute atomic E-state index is 12.1. The van der Waals surface area contributed by atoms with Gasteiger partial charge in [-0.1, -0.05) is 13.3 Å². The number of carbonyl (C=O) groups excluding carboxylic acids is 1. The van der Waals surface area contributed by atoms with Crippen LogP contribution in [0.3, 0.4) is 0 Å². The van der Waals surface area contributed by atoms with Crippen molar-refractivity contribution < 1.29 is 19.4 Å². The number of hydrogen-bond acceptors (Lipinski definition) is 3. The molecule has 0 bridgehead atoms. The van der Waals surface area contributed by atoms with Crippen molar-refractivity contribution in [1.82, 2.24) is 4.90 Å². The number of rotatable bonds is 6. The zero-order chi connectivity index (χ0) is 15.2. The fraction of sp³-hybridized carbons (Fsp3) is 0.867. The van der Waals surface area contributed by atoms with E-state index in [0.717, 1.165) is 32.1 Å². The molecule has 1 rings (SSSR count). The van der Waals surface area contributed by atoms with E-state index in [9.17, 15) is 9.59 Å². The monoisotopic (exact) mass is 285 g/mol. The number of hydrogen-bond donors (Lipinski definition) is 1. The lowest BCUT2D eigenvalue weighted by atomic mass is 9.94. The van der Waals surface area contributed by atoms with Gasteiger partial charge in [0.2, 0.25) is 0 Å². The molecule has 0 atom stereocenters. The average molecular weight is 285 g/mol. The highest BCUT2D eigenvalue weighted by atomic mass is 16.6. The number of amides is 1. The van der Waals surface area contributed by atoms with E-state index in [4.69, 9.17) is 9.84 Å². The number of aliphatic carboxylic acids is 1. The van der Waals surface area contributed by atoms with Crippen molar-refractivity contribution >= 4 is 12.1 Å². The van der Waals surface area contributed by atoms with E-state index in [0.29, 0.717) is 13.1 Å². The first kappa shape index (κ1) is 16.8. The van der Waals surface area contributed by atoms with Gasteiger partial charge in [-0.25, -0.2) is 4.79 Å². The fourth-order valence-electron chi connectivity index (χ4n) is 2.52. The van der Waals surface area contributed by atoms with E-state index in [1.165, 1.54) is 0 Å². The third-order valence-corrected chi connectivity index (χ3v) is 3.83. The largest absolute Gasteiger partial charge is 0.481 e. The van der Waals surface area contributed by atoms with Gasteiger partial charge in [-0.05, 0) is 45.4 Å². The van der Waals surface area contributed by atoms with E-state index in [2.05, 4.69) is 6.92 Å². The number of carbonyl (C=O) groups is 2. The summed E-state index contributed by atoms with van der Waals surface area (Å²) in [6, 6.07) is 0. The second-order valence-corrected chi connectivity index (χ2v) is 6.26. The minimum atomic E-state index is -0.758. The van der Waals surface area contributed by atoms with E-state index in [-0.39, 0.29) is 18.4 Å². The maximum Gasteiger partial charge on any atom is 0.410 e. The Bertz CT molecular complexity index is 333. The van der Waals surface area contributed by atoms with Gasteiger partial charge in [0.05, 0.1) is 0 Å². The first-order valence-corrected chi connectivity index (χ1v) is 7.54. The lowest BCUT2D eigenvalue weighted by Gasteiger charge is -2.34. The van der Waals surface area contributed by atoms with Crippen molar-refractivity contribution in [1.29, 1.82) is 0 Å². The molecule has 0 spiro atoms. The first-order valence-electron chi connectivity index (χ1n) is 7.54. The van der Waals surface area contributed by atoms with E-state index >= 15 is 0 Å². The Labute approximate surface area is 121 Å². The predicted molar refractivity (Wildman–Crippen MR) is 76.6 cm³/mol. The highest BCUT2D eigenvalue weighted by molar-refractivity contribution is 5.69. The van der Waals surface area contributed by atoms with Crippen LogP contribution in [0, 0.1) is 5.92 Å². The summed E-state index contributed by atoms with van der Waals surface area (Å²) in [6.07, 6.45) is 4.42. The van der Waals surface area contributed by atoms with Crippen LogP contribution in [0.25, 0.3) is 0 Å². The summed E-state index contributed by atoms with van der Waals surface area (Å²) in [7, 11) is 0. The van der Waals surface area contributed by atoms with Gasteiger partial charge in [0, 0.05) is 19.5 Å². The van der Waals surface area contributed by atoms with Crippen molar-refractivity contribution in [2.45, 2.75) is 64.9 Å². The highest BCUT2D eigenvalue weighted by Crippen LogP contribution is 2.24. The van der Waals surface area contributed by atoms with Gasteiger partial charge in [0.25, 0.3) is 0 Å². The molecule has 1 amide bonds. The molecule has 1 aliphatic heterocycles. The van der Waals surface area contributed by atoms with Crippen LogP contribution in [-0.2, 0) is 9.53 Å². The van der Waals surface area contributed by atoms with Crippen LogP contribution in [0.5, 0.6) is 0 Å². The minimum absolute atomic E-state index is 0.185. The molecule has 1 heterocycles. The van der Waals surface area contributed by atoms with Crippen LogP contribution < -0.4 is 0 Å². The van der Waals surface area contributed by atoms with Crippen LogP contribution in [0.15, 0.2) is 0 Å². The lowest BCUT2D eigenvalue weighted by molar-refractivity contribution is -0.138. The Balaban J connectivity index is 2.37. The number of piperidine rings is 1. The molecule has 0 aliphatic carbocycles. The number of carboxylic acids is 1. The van der Waals surface area contributed by atoms with Gasteiger partial charge >= 0.3 is 12.1 Å². The van der Waals surface area contributed by atoms with E-state index < -0.39 is 11.6 Å². The van der Waals surface area contributed by atoms with Crippen LogP contribution in [0.2, 0.25) is 0 Å². The third kappa shape index (κ3) is 5.80. The van der Waals surface area contributed by atoms with E-state index in [1.807, 2.05) is 13.8 Å². The normalized spacial score (nSPS) is 17.1. The highest BCUT2D eigenvalue weighted by Gasteiger charge is 2.29. The van der Waals surface area contributed by atoms with Crippen molar-refractivity contribution in [2.75, 3.05) is 13.1 Å². The van der Waals surface area contributed by atoms with Crippen molar-refractivity contribution in [3.05, 3.63) is 0 Å². The summed E-state index contributed by atoms with van der Waals surface area (Å²) >= 11 is 0. The number of unbranched alkanes of at least 4 members (excludes halogenated alkanes) is 1. The number of ether oxygens (including phenoxy) is 1. The second-order valence-electron chi connectivity index (χ2n) is 6.26. The Hall–Kier alpha value is -1.26. The molecule has 1 saturated heterocycles. The molecular weight excluding hydrogens is 258 g/mol. The maximum atomic E-state index is 12.1. The summed E-state index contributed by atoms with van der Waals surface area (Å²) < 4.78 is 5.57. The van der Waals surface area contributed by atoms with Gasteiger partial charge in [-0.2, -0.15) is 0 Å². The van der Waals surface area contributed by atoms with Crippen LogP contribution in [-0.4, -0.2) is 40.8 Å². The van der Waals surface area contributed by atoms with Gasteiger partial charge < -0.3 is 14.7 Å². The molecule has 1 fully saturated rings. The predicted octanol–water partition coefficient (Wildman–Crippen LogP) is 3.28. The number of likely N-dealkylation sites (tertiary alicyclic amines) is 1. The smallest absolute Gasteiger partial charge is 0.410 e. The second kappa shape index (κ2) is 7.50. The molecule has 116 valence electrons. The zero-order valence-electron chi connectivity index (χ0n) is 12.9. The standard InChI is InChI=1S/C15H27NO4/c1-4-5-8-15(2,3)20-14(19)16-9-6-12(7-10-16)11-13(17)18/h12H,4-11H2,1-3H3,(H,17,18). The molecule has 0 aromatic heterocycles. The Morgan fingerprint density at radius 3 is 2.40 bits per heavy atom. The summed E-state index contributed by atoms with van der Waals surface area (Å²) in [6.45, 7) is 7.20. The summed E-state index contributed by atoms with van der Waals surface area (Å²) in [5.41, 5.74) is -0.426. The van der Waals surface area contributed by atoms with Crippen LogP contribution in [0.4, 0.5) is 4.79 Å². The molecule has 0 unspecified atom stereocenters. The molecule has 5 nitrogen and oxygen atoms in total. The lowest BCUT2D eigenvalue weighted by Crippen LogP contribution is -2.42. The minimum Gasteiger partial charge on any atom is -0.481 e.